The first-order valence-electron chi connectivity index (χ1n) is 8.59. The fraction of sp³-hybridized carbons (Fsp3) is 0.182. The first-order chi connectivity index (χ1) is 12.6. The van der Waals surface area contributed by atoms with Crippen LogP contribution in [-0.2, 0) is 7.05 Å². The predicted octanol–water partition coefficient (Wildman–Crippen LogP) is 3.92. The Bertz CT molecular complexity index is 904. The van der Waals surface area contributed by atoms with Crippen molar-refractivity contribution >= 4 is 11.6 Å². The molecule has 4 heteroatoms. The van der Waals surface area contributed by atoms with Gasteiger partial charge in [0.1, 0.15) is 12.8 Å². The van der Waals surface area contributed by atoms with Gasteiger partial charge in [0.25, 0.3) is 5.91 Å². The van der Waals surface area contributed by atoms with Crippen LogP contribution in [0.5, 0.6) is 5.75 Å². The molecule has 1 heterocycles. The van der Waals surface area contributed by atoms with Crippen LogP contribution in [0.4, 0.5) is 5.69 Å². The smallest absolute Gasteiger partial charge is 0.255 e. The van der Waals surface area contributed by atoms with Gasteiger partial charge in [-0.05, 0) is 42.8 Å². The van der Waals surface area contributed by atoms with Crippen molar-refractivity contribution in [1.29, 1.82) is 0 Å². The third-order valence-corrected chi connectivity index (χ3v) is 4.57. The van der Waals surface area contributed by atoms with E-state index >= 15 is 0 Å². The summed E-state index contributed by atoms with van der Waals surface area (Å²) in [7, 11) is 3.64. The van der Waals surface area contributed by atoms with E-state index in [0.29, 0.717) is 5.56 Å². The third-order valence-electron chi connectivity index (χ3n) is 4.57. The summed E-state index contributed by atoms with van der Waals surface area (Å²) < 4.78 is 7.25. The second kappa shape index (κ2) is 7.83. The molecule has 26 heavy (non-hydrogen) atoms. The molecule has 132 valence electrons. The maximum absolute atomic E-state index is 12.6. The molecular formula is C22H23N2O2+. The van der Waals surface area contributed by atoms with Gasteiger partial charge in [-0.15, -0.1) is 0 Å². The second-order valence-corrected chi connectivity index (χ2v) is 6.23. The number of benzene rings is 2. The number of carbonyl (C=O) groups is 1. The molecule has 0 bridgehead atoms. The quantitative estimate of drug-likeness (QED) is 0.711. The highest BCUT2D eigenvalue weighted by atomic mass is 16.5. The number of nitrogens with zero attached hydrogens (tertiary/aromatic N) is 1. The van der Waals surface area contributed by atoms with Gasteiger partial charge in [0.15, 0.2) is 11.9 Å². The molecule has 2 aromatic carbocycles. The SMILES string of the molecule is COc1ccc(C(=O)Nc2ccccc2C(C)c2cccc[n+]2C)cc1. The molecule has 0 spiro atoms. The minimum Gasteiger partial charge on any atom is -0.497 e. The fourth-order valence-electron chi connectivity index (χ4n) is 3.07. The zero-order chi connectivity index (χ0) is 18.5. The summed E-state index contributed by atoms with van der Waals surface area (Å²) in [5, 5.41) is 3.05. The molecule has 4 nitrogen and oxygen atoms in total. The maximum atomic E-state index is 12.6. The number of aryl methyl sites for hydroxylation is 1. The number of hydrogen-bond acceptors (Lipinski definition) is 2. The Morgan fingerprint density at radius 2 is 1.69 bits per heavy atom. The normalized spacial score (nSPS) is 11.7. The van der Waals surface area contributed by atoms with Gasteiger partial charge in [-0.3, -0.25) is 4.79 Å². The van der Waals surface area contributed by atoms with Crippen molar-refractivity contribution in [3.63, 3.8) is 0 Å². The van der Waals surface area contributed by atoms with Gasteiger partial charge in [0, 0.05) is 23.4 Å². The lowest BCUT2D eigenvalue weighted by molar-refractivity contribution is -0.679. The second-order valence-electron chi connectivity index (χ2n) is 6.23. The average molecular weight is 347 g/mol. The van der Waals surface area contributed by atoms with E-state index in [1.165, 1.54) is 5.69 Å². The van der Waals surface area contributed by atoms with Crippen molar-refractivity contribution in [3.05, 3.63) is 89.7 Å². The van der Waals surface area contributed by atoms with Crippen molar-refractivity contribution in [3.8, 4) is 5.75 Å². The van der Waals surface area contributed by atoms with Gasteiger partial charge in [-0.1, -0.05) is 24.3 Å². The van der Waals surface area contributed by atoms with E-state index < -0.39 is 0 Å². The summed E-state index contributed by atoms with van der Waals surface area (Å²) in [6.07, 6.45) is 2.03. The monoisotopic (exact) mass is 347 g/mol. The lowest BCUT2D eigenvalue weighted by atomic mass is 9.95. The fourth-order valence-corrected chi connectivity index (χ4v) is 3.07. The minimum atomic E-state index is -0.135. The number of anilines is 1. The number of ether oxygens (including phenoxy) is 1. The molecule has 0 radical (unpaired) electrons. The standard InChI is InChI=1S/C22H22N2O2/c1-16(21-10-6-7-15-24(21)2)19-8-4-5-9-20(19)23-22(25)17-11-13-18(26-3)14-12-17/h4-16H,1-3H3/p+1. The molecule has 3 rings (SSSR count). The Morgan fingerprint density at radius 3 is 2.38 bits per heavy atom. The molecule has 3 aromatic rings. The van der Waals surface area contributed by atoms with Gasteiger partial charge >= 0.3 is 0 Å². The largest absolute Gasteiger partial charge is 0.497 e. The molecule has 0 saturated carbocycles. The third kappa shape index (κ3) is 3.75. The van der Waals surface area contributed by atoms with Crippen LogP contribution in [0.15, 0.2) is 72.9 Å². The van der Waals surface area contributed by atoms with Crippen LogP contribution in [0.2, 0.25) is 0 Å². The highest BCUT2D eigenvalue weighted by Gasteiger charge is 2.20. The number of methoxy groups -OCH3 is 1. The minimum absolute atomic E-state index is 0.135. The van der Waals surface area contributed by atoms with Crippen LogP contribution in [0.3, 0.4) is 0 Å². The van der Waals surface area contributed by atoms with Crippen LogP contribution in [0, 0.1) is 0 Å². The van der Waals surface area contributed by atoms with Crippen LogP contribution in [0.25, 0.3) is 0 Å². The molecule has 1 atom stereocenters. The number of carbonyl (C=O) groups excluding carboxylic acids is 1. The van der Waals surface area contributed by atoms with E-state index in [0.717, 1.165) is 17.0 Å². The summed E-state index contributed by atoms with van der Waals surface area (Å²) >= 11 is 0. The topological polar surface area (TPSA) is 42.2 Å². The zero-order valence-electron chi connectivity index (χ0n) is 15.3. The Labute approximate surface area is 154 Å². The summed E-state index contributed by atoms with van der Waals surface area (Å²) in [6, 6.07) is 21.2. The summed E-state index contributed by atoms with van der Waals surface area (Å²) in [6.45, 7) is 2.15. The van der Waals surface area contributed by atoms with Gasteiger partial charge < -0.3 is 10.1 Å². The molecule has 1 N–H and O–H groups in total. The first-order valence-corrected chi connectivity index (χ1v) is 8.59. The molecule has 1 amide bonds. The van der Waals surface area contributed by atoms with Crippen LogP contribution >= 0.6 is 0 Å². The van der Waals surface area contributed by atoms with Crippen LogP contribution in [-0.4, -0.2) is 13.0 Å². The zero-order valence-corrected chi connectivity index (χ0v) is 15.3. The number of rotatable bonds is 5. The van der Waals surface area contributed by atoms with Gasteiger partial charge in [0.2, 0.25) is 0 Å². The van der Waals surface area contributed by atoms with E-state index in [4.69, 9.17) is 4.74 Å². The highest BCUT2D eigenvalue weighted by Crippen LogP contribution is 2.28. The molecule has 0 aliphatic carbocycles. The number of aromatic nitrogens is 1. The number of pyridine rings is 1. The molecular weight excluding hydrogens is 324 g/mol. The summed E-state index contributed by atoms with van der Waals surface area (Å²) in [4.78, 5) is 12.6. The van der Waals surface area contributed by atoms with Crippen LogP contribution < -0.4 is 14.6 Å². The van der Waals surface area contributed by atoms with E-state index in [2.05, 4.69) is 28.9 Å². The molecule has 0 saturated heterocycles. The van der Waals surface area contributed by atoms with E-state index in [1.54, 1.807) is 31.4 Å². The lowest BCUT2D eigenvalue weighted by Crippen LogP contribution is -2.34. The number of hydrogen-bond donors (Lipinski definition) is 1. The first kappa shape index (κ1) is 17.7. The summed E-state index contributed by atoms with van der Waals surface area (Å²) in [5.41, 5.74) is 3.68. The Hall–Kier alpha value is -3.14. The van der Waals surface area contributed by atoms with Crippen molar-refractivity contribution in [2.45, 2.75) is 12.8 Å². The van der Waals surface area contributed by atoms with Gasteiger partial charge in [0.05, 0.1) is 13.0 Å². The molecule has 0 aliphatic heterocycles. The molecule has 0 aliphatic rings. The molecule has 0 fully saturated rings. The number of nitrogens with one attached hydrogen (secondary N) is 1. The van der Waals surface area contributed by atoms with Crippen molar-refractivity contribution in [2.24, 2.45) is 7.05 Å². The van der Waals surface area contributed by atoms with E-state index in [-0.39, 0.29) is 11.8 Å². The number of amides is 1. The predicted molar refractivity (Wildman–Crippen MR) is 103 cm³/mol. The van der Waals surface area contributed by atoms with Crippen molar-refractivity contribution < 1.29 is 14.1 Å². The average Bonchev–Trinajstić information content (AvgIpc) is 2.68. The van der Waals surface area contributed by atoms with E-state index in [9.17, 15) is 4.79 Å². The maximum Gasteiger partial charge on any atom is 0.255 e. The van der Waals surface area contributed by atoms with Crippen molar-refractivity contribution in [1.82, 2.24) is 0 Å². The Balaban J connectivity index is 1.87. The van der Waals surface area contributed by atoms with Crippen LogP contribution in [0.1, 0.15) is 34.5 Å². The van der Waals surface area contributed by atoms with Gasteiger partial charge in [-0.25, -0.2) is 4.57 Å². The summed E-state index contributed by atoms with van der Waals surface area (Å²) in [5.74, 6) is 0.741. The molecule has 1 unspecified atom stereocenters. The lowest BCUT2D eigenvalue weighted by Gasteiger charge is -2.16. The Morgan fingerprint density at radius 1 is 1.00 bits per heavy atom. The van der Waals surface area contributed by atoms with Crippen molar-refractivity contribution in [2.75, 3.05) is 12.4 Å². The van der Waals surface area contributed by atoms with E-state index in [1.807, 2.05) is 43.6 Å². The molecule has 1 aromatic heterocycles. The number of para-hydroxylation sites is 1. The highest BCUT2D eigenvalue weighted by molar-refractivity contribution is 6.04. The van der Waals surface area contributed by atoms with Gasteiger partial charge in [-0.2, -0.15) is 0 Å². The Kier molecular flexibility index (Phi) is 5.32.